The molecule has 24 heavy (non-hydrogen) atoms. The van der Waals surface area contributed by atoms with Crippen molar-refractivity contribution in [1.29, 1.82) is 0 Å². The van der Waals surface area contributed by atoms with E-state index in [9.17, 15) is 4.79 Å². The van der Waals surface area contributed by atoms with Crippen LogP contribution in [-0.2, 0) is 6.54 Å². The van der Waals surface area contributed by atoms with Gasteiger partial charge in [0.25, 0.3) is 5.91 Å². The standard InChI is InChI=1S/C19H32N4O/c1-4-19(20,5-2)15-21-18(24)17-8-6-7-16(13-17)14-23-11-9-22(3)10-12-23/h6-8,13H,4-5,9-12,14-15,20H2,1-3H3,(H,21,24). The predicted octanol–water partition coefficient (Wildman–Crippen LogP) is 1.68. The number of carbonyl (C=O) groups excluding carboxylic acids is 1. The molecule has 0 spiro atoms. The zero-order valence-corrected chi connectivity index (χ0v) is 15.3. The second kappa shape index (κ2) is 8.60. The van der Waals surface area contributed by atoms with Crippen LogP contribution in [0.2, 0.25) is 0 Å². The van der Waals surface area contributed by atoms with Crippen molar-refractivity contribution < 1.29 is 4.79 Å². The molecule has 1 aromatic carbocycles. The number of nitrogens with one attached hydrogen (secondary N) is 1. The highest BCUT2D eigenvalue weighted by atomic mass is 16.1. The summed E-state index contributed by atoms with van der Waals surface area (Å²) in [5, 5.41) is 2.99. The molecule has 0 radical (unpaired) electrons. The number of likely N-dealkylation sites (N-methyl/N-ethyl adjacent to an activating group) is 1. The van der Waals surface area contributed by atoms with Crippen molar-refractivity contribution in [2.75, 3.05) is 39.8 Å². The predicted molar refractivity (Wildman–Crippen MR) is 99.0 cm³/mol. The fourth-order valence-electron chi connectivity index (χ4n) is 2.93. The van der Waals surface area contributed by atoms with Crippen molar-refractivity contribution in [2.24, 2.45) is 5.73 Å². The van der Waals surface area contributed by atoms with Crippen molar-refractivity contribution in [3.8, 4) is 0 Å². The molecule has 1 aromatic rings. The topological polar surface area (TPSA) is 61.6 Å². The molecule has 0 aliphatic carbocycles. The molecule has 1 heterocycles. The van der Waals surface area contributed by atoms with Crippen molar-refractivity contribution >= 4 is 5.91 Å². The van der Waals surface area contributed by atoms with Gasteiger partial charge in [0, 0.05) is 50.4 Å². The number of nitrogens with zero attached hydrogens (tertiary/aromatic N) is 2. The van der Waals surface area contributed by atoms with Gasteiger partial charge in [0.05, 0.1) is 0 Å². The van der Waals surface area contributed by atoms with E-state index in [2.05, 4.69) is 42.1 Å². The third-order valence-electron chi connectivity index (χ3n) is 5.20. The molecule has 5 heteroatoms. The van der Waals surface area contributed by atoms with Gasteiger partial charge in [-0.3, -0.25) is 9.69 Å². The number of carbonyl (C=O) groups is 1. The molecular weight excluding hydrogens is 300 g/mol. The Kier molecular flexibility index (Phi) is 6.78. The lowest BCUT2D eigenvalue weighted by Gasteiger charge is -2.32. The van der Waals surface area contributed by atoms with E-state index >= 15 is 0 Å². The van der Waals surface area contributed by atoms with Gasteiger partial charge in [0.2, 0.25) is 0 Å². The number of hydrogen-bond donors (Lipinski definition) is 2. The van der Waals surface area contributed by atoms with Gasteiger partial charge in [0.1, 0.15) is 0 Å². The zero-order valence-electron chi connectivity index (χ0n) is 15.3. The molecule has 0 aromatic heterocycles. The average molecular weight is 332 g/mol. The van der Waals surface area contributed by atoms with Gasteiger partial charge in [-0.25, -0.2) is 0 Å². The van der Waals surface area contributed by atoms with E-state index in [4.69, 9.17) is 5.73 Å². The highest BCUT2D eigenvalue weighted by Gasteiger charge is 2.21. The lowest BCUT2D eigenvalue weighted by atomic mass is 9.94. The van der Waals surface area contributed by atoms with E-state index in [-0.39, 0.29) is 11.4 Å². The first-order chi connectivity index (χ1) is 11.5. The summed E-state index contributed by atoms with van der Waals surface area (Å²) >= 11 is 0. The molecule has 0 saturated carbocycles. The number of amides is 1. The van der Waals surface area contributed by atoms with Crippen LogP contribution in [0.5, 0.6) is 0 Å². The minimum Gasteiger partial charge on any atom is -0.350 e. The molecule has 1 aliphatic rings. The minimum atomic E-state index is -0.312. The van der Waals surface area contributed by atoms with Gasteiger partial charge < -0.3 is 16.0 Å². The average Bonchev–Trinajstić information content (AvgIpc) is 2.61. The smallest absolute Gasteiger partial charge is 0.251 e. The molecule has 1 amide bonds. The number of nitrogens with two attached hydrogens (primary N) is 1. The number of piperazine rings is 1. The third kappa shape index (κ3) is 5.30. The fraction of sp³-hybridized carbons (Fsp3) is 0.632. The monoisotopic (exact) mass is 332 g/mol. The molecule has 1 fully saturated rings. The van der Waals surface area contributed by atoms with Crippen LogP contribution in [0.25, 0.3) is 0 Å². The van der Waals surface area contributed by atoms with Crippen LogP contribution in [0.3, 0.4) is 0 Å². The highest BCUT2D eigenvalue weighted by Crippen LogP contribution is 2.12. The molecule has 2 rings (SSSR count). The van der Waals surface area contributed by atoms with Crippen LogP contribution in [0.1, 0.15) is 42.6 Å². The first kappa shape index (κ1) is 18.9. The molecular formula is C19H32N4O. The Bertz CT molecular complexity index is 534. The van der Waals surface area contributed by atoms with E-state index in [0.29, 0.717) is 6.54 Å². The summed E-state index contributed by atoms with van der Waals surface area (Å²) in [6.07, 6.45) is 1.71. The molecule has 5 nitrogen and oxygen atoms in total. The Morgan fingerprint density at radius 1 is 1.21 bits per heavy atom. The lowest BCUT2D eigenvalue weighted by Crippen LogP contribution is -2.49. The fourth-order valence-corrected chi connectivity index (χ4v) is 2.93. The van der Waals surface area contributed by atoms with E-state index < -0.39 is 0 Å². The Morgan fingerprint density at radius 2 is 1.88 bits per heavy atom. The largest absolute Gasteiger partial charge is 0.350 e. The Balaban J connectivity index is 1.93. The van der Waals surface area contributed by atoms with Crippen LogP contribution in [-0.4, -0.2) is 61.0 Å². The quantitative estimate of drug-likeness (QED) is 0.797. The van der Waals surface area contributed by atoms with Gasteiger partial charge in [-0.1, -0.05) is 26.0 Å². The van der Waals surface area contributed by atoms with Crippen LogP contribution in [0, 0.1) is 0 Å². The van der Waals surface area contributed by atoms with Crippen LogP contribution in [0.15, 0.2) is 24.3 Å². The summed E-state index contributed by atoms with van der Waals surface area (Å²) in [4.78, 5) is 17.2. The summed E-state index contributed by atoms with van der Waals surface area (Å²) in [7, 11) is 2.16. The van der Waals surface area contributed by atoms with Gasteiger partial charge in [-0.05, 0) is 37.6 Å². The van der Waals surface area contributed by atoms with Crippen LogP contribution < -0.4 is 11.1 Å². The SMILES string of the molecule is CCC(N)(CC)CNC(=O)c1cccc(CN2CCN(C)CC2)c1. The molecule has 134 valence electrons. The van der Waals surface area contributed by atoms with E-state index in [1.165, 1.54) is 5.56 Å². The third-order valence-corrected chi connectivity index (χ3v) is 5.20. The summed E-state index contributed by atoms with van der Waals surface area (Å²) in [6.45, 7) is 9.91. The Labute approximate surface area is 146 Å². The van der Waals surface area contributed by atoms with Gasteiger partial charge in [-0.2, -0.15) is 0 Å². The summed E-state index contributed by atoms with van der Waals surface area (Å²) in [5.41, 5.74) is 7.86. The summed E-state index contributed by atoms with van der Waals surface area (Å²) in [5.74, 6) is -0.0352. The molecule has 0 atom stereocenters. The highest BCUT2D eigenvalue weighted by molar-refractivity contribution is 5.94. The first-order valence-electron chi connectivity index (χ1n) is 9.02. The normalized spacial score (nSPS) is 17.0. The summed E-state index contributed by atoms with van der Waals surface area (Å²) in [6, 6.07) is 7.94. The second-order valence-electron chi connectivity index (χ2n) is 7.03. The zero-order chi connectivity index (χ0) is 17.6. The van der Waals surface area contributed by atoms with Gasteiger partial charge in [0.15, 0.2) is 0 Å². The Morgan fingerprint density at radius 3 is 2.50 bits per heavy atom. The van der Waals surface area contributed by atoms with Crippen LogP contribution >= 0.6 is 0 Å². The van der Waals surface area contributed by atoms with Crippen LogP contribution in [0.4, 0.5) is 0 Å². The van der Waals surface area contributed by atoms with Crippen molar-refractivity contribution in [3.63, 3.8) is 0 Å². The van der Waals surface area contributed by atoms with Crippen molar-refractivity contribution in [3.05, 3.63) is 35.4 Å². The lowest BCUT2D eigenvalue weighted by molar-refractivity contribution is 0.0942. The number of benzene rings is 1. The number of hydrogen-bond acceptors (Lipinski definition) is 4. The van der Waals surface area contributed by atoms with Gasteiger partial charge >= 0.3 is 0 Å². The van der Waals surface area contributed by atoms with Crippen molar-refractivity contribution in [2.45, 2.75) is 38.8 Å². The van der Waals surface area contributed by atoms with Gasteiger partial charge in [-0.15, -0.1) is 0 Å². The van der Waals surface area contributed by atoms with E-state index in [1.807, 2.05) is 18.2 Å². The molecule has 0 bridgehead atoms. The maximum atomic E-state index is 12.4. The maximum Gasteiger partial charge on any atom is 0.251 e. The van der Waals surface area contributed by atoms with E-state index in [0.717, 1.165) is 51.1 Å². The second-order valence-corrected chi connectivity index (χ2v) is 7.03. The van der Waals surface area contributed by atoms with Crippen molar-refractivity contribution in [1.82, 2.24) is 15.1 Å². The molecule has 1 saturated heterocycles. The van der Waals surface area contributed by atoms with E-state index in [1.54, 1.807) is 0 Å². The first-order valence-corrected chi connectivity index (χ1v) is 9.02. The maximum absolute atomic E-state index is 12.4. The summed E-state index contributed by atoms with van der Waals surface area (Å²) < 4.78 is 0. The number of rotatable bonds is 7. The molecule has 1 aliphatic heterocycles. The molecule has 0 unspecified atom stereocenters. The molecule has 3 N–H and O–H groups in total. The minimum absolute atomic E-state index is 0.0352. The Hall–Kier alpha value is -1.43.